The van der Waals surface area contributed by atoms with Gasteiger partial charge in [-0.05, 0) is 27.3 Å². The van der Waals surface area contributed by atoms with Crippen molar-refractivity contribution in [2.45, 2.75) is 38.8 Å². The number of likely N-dealkylation sites (N-methyl/N-ethyl adjacent to an activating group) is 1. The largest absolute Gasteiger partial charge is 0.375 e. The molecule has 2 saturated heterocycles. The van der Waals surface area contributed by atoms with Crippen LogP contribution in [-0.4, -0.2) is 70.9 Å². The van der Waals surface area contributed by atoms with E-state index in [1.165, 1.54) is 0 Å². The molecule has 0 aliphatic carbocycles. The van der Waals surface area contributed by atoms with Crippen LogP contribution in [0, 0.1) is 13.8 Å². The fraction of sp³-hybridized carbons (Fsp3) is 0.750. The minimum atomic E-state index is 0.205. The molecule has 0 N–H and O–H groups in total. The van der Waals surface area contributed by atoms with Crippen LogP contribution in [0.3, 0.4) is 0 Å². The first-order valence-corrected chi connectivity index (χ1v) is 8.06. The number of carbonyl (C=O) groups is 1. The Hall–Kier alpha value is -1.40. The molecule has 0 saturated carbocycles. The average molecular weight is 306 g/mol. The molecule has 6 nitrogen and oxygen atoms in total. The Labute approximate surface area is 132 Å². The predicted octanol–water partition coefficient (Wildman–Crippen LogP) is 0.511. The summed E-state index contributed by atoms with van der Waals surface area (Å²) >= 11 is 0. The Morgan fingerprint density at radius 2 is 2.09 bits per heavy atom. The molecular weight excluding hydrogens is 280 g/mol. The number of amides is 1. The van der Waals surface area contributed by atoms with Crippen molar-refractivity contribution in [2.24, 2.45) is 7.05 Å². The van der Waals surface area contributed by atoms with Gasteiger partial charge in [-0.25, -0.2) is 0 Å². The third kappa shape index (κ3) is 2.77. The van der Waals surface area contributed by atoms with E-state index in [1.54, 1.807) is 0 Å². The van der Waals surface area contributed by atoms with Gasteiger partial charge >= 0.3 is 0 Å². The van der Waals surface area contributed by atoms with E-state index in [0.29, 0.717) is 12.5 Å². The zero-order valence-electron chi connectivity index (χ0n) is 14.0. The molecule has 2 atom stereocenters. The van der Waals surface area contributed by atoms with Gasteiger partial charge in [0.05, 0.1) is 30.9 Å². The number of morpholine rings is 1. The van der Waals surface area contributed by atoms with Gasteiger partial charge in [0.15, 0.2) is 0 Å². The molecule has 22 heavy (non-hydrogen) atoms. The van der Waals surface area contributed by atoms with Gasteiger partial charge in [0.25, 0.3) is 0 Å². The lowest BCUT2D eigenvalue weighted by Gasteiger charge is -2.45. The summed E-state index contributed by atoms with van der Waals surface area (Å²) in [6.45, 7) is 7.33. The molecule has 0 bridgehead atoms. The number of likely N-dealkylation sites (tertiary alicyclic amines) is 1. The van der Waals surface area contributed by atoms with Gasteiger partial charge in [0.2, 0.25) is 5.91 Å². The summed E-state index contributed by atoms with van der Waals surface area (Å²) in [6, 6.07) is 0.336. The Morgan fingerprint density at radius 1 is 1.32 bits per heavy atom. The smallest absolute Gasteiger partial charge is 0.227 e. The molecule has 3 rings (SSSR count). The fourth-order valence-electron chi connectivity index (χ4n) is 3.60. The molecule has 2 aliphatic heterocycles. The number of fused-ring (bicyclic) bond motifs is 1. The Bertz CT molecular complexity index is 569. The summed E-state index contributed by atoms with van der Waals surface area (Å²) in [5.41, 5.74) is 3.11. The van der Waals surface area contributed by atoms with Crippen LogP contribution in [0.15, 0.2) is 0 Å². The van der Waals surface area contributed by atoms with Gasteiger partial charge in [0.1, 0.15) is 0 Å². The third-order valence-corrected chi connectivity index (χ3v) is 5.20. The number of hydrogen-bond donors (Lipinski definition) is 0. The maximum Gasteiger partial charge on any atom is 0.227 e. The molecule has 6 heteroatoms. The second kappa shape index (κ2) is 6.01. The van der Waals surface area contributed by atoms with Gasteiger partial charge < -0.3 is 9.64 Å². The summed E-state index contributed by atoms with van der Waals surface area (Å²) < 4.78 is 7.70. The minimum Gasteiger partial charge on any atom is -0.375 e. The van der Waals surface area contributed by atoms with E-state index in [-0.39, 0.29) is 12.0 Å². The van der Waals surface area contributed by atoms with Crippen molar-refractivity contribution in [3.8, 4) is 0 Å². The number of carbonyl (C=O) groups excluding carboxylic acids is 1. The van der Waals surface area contributed by atoms with Gasteiger partial charge in [-0.3, -0.25) is 14.4 Å². The first kappa shape index (κ1) is 15.5. The Balaban J connectivity index is 1.68. The zero-order valence-corrected chi connectivity index (χ0v) is 14.0. The van der Waals surface area contributed by atoms with Crippen LogP contribution in [0.25, 0.3) is 0 Å². The Morgan fingerprint density at radius 3 is 2.77 bits per heavy atom. The van der Waals surface area contributed by atoms with E-state index in [4.69, 9.17) is 4.74 Å². The van der Waals surface area contributed by atoms with Crippen LogP contribution in [0.1, 0.15) is 23.4 Å². The van der Waals surface area contributed by atoms with E-state index in [2.05, 4.69) is 17.0 Å². The average Bonchev–Trinajstić information content (AvgIpc) is 2.74. The SMILES string of the molecule is Cc1nn(C)c(C)c1CC(=O)N1CC[C@@H]2OCCN(C)[C@H]2C1. The first-order valence-electron chi connectivity index (χ1n) is 8.06. The summed E-state index contributed by atoms with van der Waals surface area (Å²) in [4.78, 5) is 17.0. The number of rotatable bonds is 2. The van der Waals surface area contributed by atoms with Gasteiger partial charge in [-0.2, -0.15) is 5.10 Å². The summed E-state index contributed by atoms with van der Waals surface area (Å²) in [5.74, 6) is 0.205. The molecular formula is C16H26N4O2. The normalized spacial score (nSPS) is 26.1. The van der Waals surface area contributed by atoms with E-state index in [1.807, 2.05) is 30.5 Å². The van der Waals surface area contributed by atoms with Gasteiger partial charge in [-0.1, -0.05) is 0 Å². The fourth-order valence-corrected chi connectivity index (χ4v) is 3.60. The van der Waals surface area contributed by atoms with Crippen LogP contribution in [-0.2, 0) is 23.0 Å². The lowest BCUT2D eigenvalue weighted by molar-refractivity contribution is -0.140. The lowest BCUT2D eigenvalue weighted by atomic mass is 9.98. The molecule has 3 heterocycles. The summed E-state index contributed by atoms with van der Waals surface area (Å²) in [5, 5.41) is 4.40. The molecule has 2 aliphatic rings. The van der Waals surface area contributed by atoms with Crippen molar-refractivity contribution >= 4 is 5.91 Å². The van der Waals surface area contributed by atoms with Crippen molar-refractivity contribution in [3.63, 3.8) is 0 Å². The van der Waals surface area contributed by atoms with Crippen molar-refractivity contribution in [3.05, 3.63) is 17.0 Å². The van der Waals surface area contributed by atoms with Crippen molar-refractivity contribution in [1.82, 2.24) is 19.6 Å². The highest BCUT2D eigenvalue weighted by Gasteiger charge is 2.36. The molecule has 0 unspecified atom stereocenters. The van der Waals surface area contributed by atoms with Crippen molar-refractivity contribution in [2.75, 3.05) is 33.3 Å². The molecule has 0 radical (unpaired) electrons. The predicted molar refractivity (Wildman–Crippen MR) is 83.7 cm³/mol. The minimum absolute atomic E-state index is 0.205. The van der Waals surface area contributed by atoms with Crippen molar-refractivity contribution < 1.29 is 9.53 Å². The number of piperidine rings is 1. The molecule has 0 spiro atoms. The number of nitrogens with zero attached hydrogens (tertiary/aromatic N) is 4. The molecule has 122 valence electrons. The highest BCUT2D eigenvalue weighted by Crippen LogP contribution is 2.23. The number of aryl methyl sites for hydroxylation is 2. The van der Waals surface area contributed by atoms with Crippen LogP contribution >= 0.6 is 0 Å². The molecule has 1 aromatic rings. The lowest BCUT2D eigenvalue weighted by Crippen LogP contribution is -2.59. The molecule has 1 amide bonds. The quantitative estimate of drug-likeness (QED) is 0.799. The highest BCUT2D eigenvalue weighted by molar-refractivity contribution is 5.79. The van der Waals surface area contributed by atoms with Crippen molar-refractivity contribution in [1.29, 1.82) is 0 Å². The zero-order chi connectivity index (χ0) is 15.9. The number of ether oxygens (including phenoxy) is 1. The summed E-state index contributed by atoms with van der Waals surface area (Å²) in [6.07, 6.45) is 1.67. The maximum absolute atomic E-state index is 12.7. The van der Waals surface area contributed by atoms with Crippen LogP contribution in [0.5, 0.6) is 0 Å². The standard InChI is InChI=1S/C16H26N4O2/c1-11-13(12(2)19(4)17-11)9-16(21)20-6-5-15-14(10-20)18(3)7-8-22-15/h14-15H,5-10H2,1-4H3/t14-,15-/m0/s1. The van der Waals surface area contributed by atoms with E-state index in [0.717, 1.165) is 49.6 Å². The Kier molecular flexibility index (Phi) is 4.23. The maximum atomic E-state index is 12.7. The first-order chi connectivity index (χ1) is 10.5. The summed E-state index contributed by atoms with van der Waals surface area (Å²) in [7, 11) is 4.06. The monoisotopic (exact) mass is 306 g/mol. The highest BCUT2D eigenvalue weighted by atomic mass is 16.5. The van der Waals surface area contributed by atoms with Crippen LogP contribution < -0.4 is 0 Å². The van der Waals surface area contributed by atoms with Gasteiger partial charge in [0, 0.05) is 37.9 Å². The van der Waals surface area contributed by atoms with E-state index >= 15 is 0 Å². The van der Waals surface area contributed by atoms with Gasteiger partial charge in [-0.15, -0.1) is 0 Å². The molecule has 0 aromatic carbocycles. The number of aromatic nitrogens is 2. The van der Waals surface area contributed by atoms with Crippen LogP contribution in [0.2, 0.25) is 0 Å². The molecule has 2 fully saturated rings. The van der Waals surface area contributed by atoms with Crippen LogP contribution in [0.4, 0.5) is 0 Å². The second-order valence-corrected chi connectivity index (χ2v) is 6.54. The topological polar surface area (TPSA) is 50.6 Å². The second-order valence-electron chi connectivity index (χ2n) is 6.54. The van der Waals surface area contributed by atoms with E-state index in [9.17, 15) is 4.79 Å². The number of hydrogen-bond acceptors (Lipinski definition) is 4. The van der Waals surface area contributed by atoms with E-state index < -0.39 is 0 Å². The molecule has 1 aromatic heterocycles. The third-order valence-electron chi connectivity index (χ3n) is 5.20.